The van der Waals surface area contributed by atoms with Crippen molar-refractivity contribution in [2.24, 2.45) is 4.99 Å². The van der Waals surface area contributed by atoms with Crippen LogP contribution < -0.4 is 0 Å². The number of isothiocyanates is 1. The second kappa shape index (κ2) is 4.91. The Bertz CT molecular complexity index is 128. The van der Waals surface area contributed by atoms with Gasteiger partial charge < -0.3 is 0 Å². The van der Waals surface area contributed by atoms with Gasteiger partial charge in [0, 0.05) is 6.42 Å². The molecule has 0 bridgehead atoms. The third-order valence-electron chi connectivity index (χ3n) is 0.485. The number of hydrogen-bond acceptors (Lipinski definition) is 3. The molecule has 0 aliphatic heterocycles. The summed E-state index contributed by atoms with van der Waals surface area (Å²) in [6, 6.07) is 0. The van der Waals surface area contributed by atoms with Crippen LogP contribution in [0, 0.1) is 0 Å². The Morgan fingerprint density at radius 2 is 2.50 bits per heavy atom. The molecule has 0 aliphatic carbocycles. The highest BCUT2D eigenvalue weighted by Gasteiger charge is 1.90. The van der Waals surface area contributed by atoms with Crippen LogP contribution in [-0.4, -0.2) is 16.9 Å². The normalized spacial score (nSPS) is 7.62. The zero-order valence-electron chi connectivity index (χ0n) is 4.06. The number of rotatable bonds is 3. The van der Waals surface area contributed by atoms with Crippen molar-refractivity contribution in [3.05, 3.63) is 0 Å². The molecule has 0 aromatic carbocycles. The highest BCUT2D eigenvalue weighted by Crippen LogP contribution is 1.86. The molecule has 44 valence electrons. The zero-order valence-corrected chi connectivity index (χ0v) is 5.63. The van der Waals surface area contributed by atoms with Gasteiger partial charge in [-0.25, -0.2) is 4.99 Å². The average Bonchev–Trinajstić information content (AvgIpc) is 1.66. The Morgan fingerprint density at radius 3 is 2.88 bits per heavy atom. The summed E-state index contributed by atoms with van der Waals surface area (Å²) in [6.07, 6.45) is 0.241. The van der Waals surface area contributed by atoms with E-state index in [1.165, 1.54) is 0 Å². The fourth-order valence-corrected chi connectivity index (χ4v) is 0.365. The van der Waals surface area contributed by atoms with E-state index in [2.05, 4.69) is 22.4 Å². The molecule has 0 rings (SSSR count). The zero-order chi connectivity index (χ0) is 6.41. The van der Waals surface area contributed by atoms with E-state index >= 15 is 0 Å². The third kappa shape index (κ3) is 5.76. The van der Waals surface area contributed by atoms with Crippen LogP contribution in [0.5, 0.6) is 0 Å². The van der Waals surface area contributed by atoms with Crippen molar-refractivity contribution < 1.29 is 4.79 Å². The lowest BCUT2D eigenvalue weighted by atomic mass is 10.5. The minimum Gasteiger partial charge on any atom is -0.281 e. The quantitative estimate of drug-likeness (QED) is 0.343. The molecule has 0 radical (unpaired) electrons. The fourth-order valence-electron chi connectivity index (χ4n) is 0.189. The summed E-state index contributed by atoms with van der Waals surface area (Å²) in [4.78, 5) is 13.4. The van der Waals surface area contributed by atoms with E-state index in [9.17, 15) is 4.79 Å². The molecule has 0 fully saturated rings. The first kappa shape index (κ1) is 7.76. The van der Waals surface area contributed by atoms with E-state index in [-0.39, 0.29) is 11.7 Å². The lowest BCUT2D eigenvalue weighted by Crippen LogP contribution is -1.87. The maximum atomic E-state index is 9.96. The van der Waals surface area contributed by atoms with Crippen molar-refractivity contribution >= 4 is 34.2 Å². The van der Waals surface area contributed by atoms with Gasteiger partial charge in [0.1, 0.15) is 0 Å². The summed E-state index contributed by atoms with van der Waals surface area (Å²) >= 11 is 9.19. The molecule has 4 heteroatoms. The maximum absolute atomic E-state index is 9.96. The number of hydrogen-bond donors (Lipinski definition) is 0. The molecule has 0 unspecified atom stereocenters. The minimum absolute atomic E-state index is 0.241. The Kier molecular flexibility index (Phi) is 4.76. The lowest BCUT2D eigenvalue weighted by molar-refractivity contribution is -0.111. The van der Waals surface area contributed by atoms with Gasteiger partial charge in [0.05, 0.1) is 11.7 Å². The summed E-state index contributed by atoms with van der Waals surface area (Å²) in [5.41, 5.74) is 0. The van der Waals surface area contributed by atoms with Crippen molar-refractivity contribution in [1.29, 1.82) is 0 Å². The highest BCUT2D eigenvalue weighted by molar-refractivity contribution is 7.78. The van der Waals surface area contributed by atoms with Gasteiger partial charge in [0.15, 0.2) is 0 Å². The first-order chi connectivity index (χ1) is 3.77. The molecular formula is C4H4ClNOS. The van der Waals surface area contributed by atoms with Crippen molar-refractivity contribution in [2.75, 3.05) is 6.54 Å². The fraction of sp³-hybridized carbons (Fsp3) is 0.500. The van der Waals surface area contributed by atoms with Crippen molar-refractivity contribution in [3.8, 4) is 0 Å². The van der Waals surface area contributed by atoms with E-state index in [1.807, 2.05) is 0 Å². The van der Waals surface area contributed by atoms with Crippen molar-refractivity contribution in [1.82, 2.24) is 0 Å². The van der Waals surface area contributed by atoms with E-state index < -0.39 is 0 Å². The van der Waals surface area contributed by atoms with Gasteiger partial charge in [-0.1, -0.05) is 0 Å². The molecule has 0 N–H and O–H groups in total. The number of halogens is 1. The molecule has 0 amide bonds. The Labute approximate surface area is 57.6 Å². The molecule has 0 aliphatic rings. The van der Waals surface area contributed by atoms with Crippen molar-refractivity contribution in [3.63, 3.8) is 0 Å². The van der Waals surface area contributed by atoms with Crippen LogP contribution in [0.1, 0.15) is 6.42 Å². The smallest absolute Gasteiger partial charge is 0.223 e. The average molecular weight is 150 g/mol. The molecule has 0 spiro atoms. The van der Waals surface area contributed by atoms with Gasteiger partial charge >= 0.3 is 0 Å². The summed E-state index contributed by atoms with van der Waals surface area (Å²) in [5.74, 6) is 0. The summed E-state index contributed by atoms with van der Waals surface area (Å²) in [6.45, 7) is 0.353. The van der Waals surface area contributed by atoms with Crippen LogP contribution >= 0.6 is 23.8 Å². The van der Waals surface area contributed by atoms with Gasteiger partial charge in [-0.2, -0.15) is 0 Å². The molecule has 0 saturated carbocycles. The predicted molar refractivity (Wildman–Crippen MR) is 35.4 cm³/mol. The van der Waals surface area contributed by atoms with Crippen molar-refractivity contribution in [2.45, 2.75) is 6.42 Å². The van der Waals surface area contributed by atoms with Gasteiger partial charge in [-0.15, -0.1) is 0 Å². The van der Waals surface area contributed by atoms with Crippen LogP contribution in [0.4, 0.5) is 0 Å². The Morgan fingerprint density at radius 1 is 1.88 bits per heavy atom. The predicted octanol–water partition coefficient (Wildman–Crippen LogP) is 1.24. The van der Waals surface area contributed by atoms with Gasteiger partial charge in [-0.05, 0) is 23.8 Å². The molecule has 0 aromatic heterocycles. The standard InChI is InChI=1S/C4H4ClNOS/c5-4(7)1-2-6-3-8/h1-2H2. The lowest BCUT2D eigenvalue weighted by Gasteiger charge is -1.80. The van der Waals surface area contributed by atoms with Gasteiger partial charge in [0.2, 0.25) is 5.24 Å². The molecule has 2 nitrogen and oxygen atoms in total. The first-order valence-electron chi connectivity index (χ1n) is 1.99. The number of nitrogens with zero attached hydrogens (tertiary/aromatic N) is 1. The largest absolute Gasteiger partial charge is 0.281 e. The summed E-state index contributed by atoms with van der Waals surface area (Å²) < 4.78 is 0. The SMILES string of the molecule is O=C(Cl)CCN=C=S. The molecule has 0 aromatic rings. The monoisotopic (exact) mass is 149 g/mol. The molecule has 0 atom stereocenters. The Hall–Kier alpha value is -0.240. The topological polar surface area (TPSA) is 29.4 Å². The maximum Gasteiger partial charge on any atom is 0.223 e. The van der Waals surface area contributed by atoms with Gasteiger partial charge in [-0.3, -0.25) is 4.79 Å². The molecule has 0 saturated heterocycles. The minimum atomic E-state index is -0.390. The van der Waals surface area contributed by atoms with Crippen LogP contribution in [0.25, 0.3) is 0 Å². The summed E-state index contributed by atoms with van der Waals surface area (Å²) in [5, 5.41) is 1.73. The summed E-state index contributed by atoms with van der Waals surface area (Å²) in [7, 11) is 0. The van der Waals surface area contributed by atoms with Crippen LogP contribution in [0.15, 0.2) is 4.99 Å². The first-order valence-corrected chi connectivity index (χ1v) is 2.78. The highest BCUT2D eigenvalue weighted by atomic mass is 35.5. The van der Waals surface area contributed by atoms with Gasteiger partial charge in [0.25, 0.3) is 0 Å². The number of carbonyl (C=O) groups excluding carboxylic acids is 1. The number of carbonyl (C=O) groups is 1. The molecular weight excluding hydrogens is 146 g/mol. The Balaban J connectivity index is 3.18. The second-order valence-electron chi connectivity index (χ2n) is 1.08. The number of aliphatic imine (C=N–C) groups is 1. The van der Waals surface area contributed by atoms with E-state index in [0.717, 1.165) is 0 Å². The van der Waals surface area contributed by atoms with Crippen LogP contribution in [0.2, 0.25) is 0 Å². The van der Waals surface area contributed by atoms with E-state index in [4.69, 9.17) is 11.6 Å². The third-order valence-corrected chi connectivity index (χ3v) is 0.803. The van der Waals surface area contributed by atoms with E-state index in [0.29, 0.717) is 6.54 Å². The number of thiocarbonyl (C=S) groups is 1. The molecule has 0 heterocycles. The molecule has 8 heavy (non-hydrogen) atoms. The van der Waals surface area contributed by atoms with Crippen LogP contribution in [-0.2, 0) is 4.79 Å². The van der Waals surface area contributed by atoms with E-state index in [1.54, 1.807) is 0 Å². The second-order valence-corrected chi connectivity index (χ2v) is 1.68. The van der Waals surface area contributed by atoms with Crippen LogP contribution in [0.3, 0.4) is 0 Å².